The van der Waals surface area contributed by atoms with Crippen LogP contribution in [0.4, 0.5) is 4.39 Å². The third-order valence-electron chi connectivity index (χ3n) is 5.98. The first-order valence-corrected chi connectivity index (χ1v) is 10.8. The SMILES string of the molecule is O=C(C1=NN(Cc2ccc(F)cc2)C(=O)CC1)N1CCCC(C(=O)N2CCOCC2)C1. The van der Waals surface area contributed by atoms with Gasteiger partial charge in [0, 0.05) is 39.0 Å². The number of morpholine rings is 1. The molecule has 2 fully saturated rings. The second-order valence-corrected chi connectivity index (χ2v) is 8.15. The first kappa shape index (κ1) is 21.4. The van der Waals surface area contributed by atoms with Gasteiger partial charge in [-0.1, -0.05) is 12.1 Å². The lowest BCUT2D eigenvalue weighted by Gasteiger charge is -2.36. The van der Waals surface area contributed by atoms with E-state index < -0.39 is 0 Å². The number of benzene rings is 1. The van der Waals surface area contributed by atoms with Crippen LogP contribution in [0, 0.1) is 11.7 Å². The molecule has 8 nitrogen and oxygen atoms in total. The Morgan fingerprint density at radius 2 is 1.81 bits per heavy atom. The lowest BCUT2D eigenvalue weighted by Crippen LogP contribution is -2.51. The predicted molar refractivity (Wildman–Crippen MR) is 110 cm³/mol. The van der Waals surface area contributed by atoms with Gasteiger partial charge in [-0.2, -0.15) is 5.10 Å². The van der Waals surface area contributed by atoms with E-state index in [2.05, 4.69) is 5.10 Å². The highest BCUT2D eigenvalue weighted by molar-refractivity contribution is 6.39. The Morgan fingerprint density at radius 1 is 1.06 bits per heavy atom. The molecule has 31 heavy (non-hydrogen) atoms. The molecule has 9 heteroatoms. The number of piperidine rings is 1. The fourth-order valence-electron chi connectivity index (χ4n) is 4.23. The second-order valence-electron chi connectivity index (χ2n) is 8.15. The van der Waals surface area contributed by atoms with Crippen LogP contribution in [0.3, 0.4) is 0 Å². The Balaban J connectivity index is 1.41. The average Bonchev–Trinajstić information content (AvgIpc) is 2.81. The van der Waals surface area contributed by atoms with Crippen molar-refractivity contribution in [3.05, 3.63) is 35.6 Å². The molecule has 3 amide bonds. The van der Waals surface area contributed by atoms with Crippen molar-refractivity contribution in [3.63, 3.8) is 0 Å². The number of carbonyl (C=O) groups is 3. The quantitative estimate of drug-likeness (QED) is 0.723. The maximum Gasteiger partial charge on any atom is 0.270 e. The van der Waals surface area contributed by atoms with Gasteiger partial charge < -0.3 is 14.5 Å². The van der Waals surface area contributed by atoms with Crippen molar-refractivity contribution in [2.24, 2.45) is 11.0 Å². The summed E-state index contributed by atoms with van der Waals surface area (Å²) in [6.45, 7) is 3.43. The highest BCUT2D eigenvalue weighted by atomic mass is 19.1. The Hall–Kier alpha value is -2.81. The normalized spacial score (nSPS) is 22.4. The number of amides is 3. The monoisotopic (exact) mass is 430 g/mol. The standard InChI is InChI=1S/C22H27FN4O4/c23-18-5-3-16(4-6-18)14-27-20(28)8-7-19(24-27)22(30)26-9-1-2-17(15-26)21(29)25-10-12-31-13-11-25/h3-6,17H,1-2,7-15H2. The largest absolute Gasteiger partial charge is 0.378 e. The predicted octanol–water partition coefficient (Wildman–Crippen LogP) is 1.40. The molecule has 0 radical (unpaired) electrons. The van der Waals surface area contributed by atoms with E-state index in [1.54, 1.807) is 17.0 Å². The molecule has 0 spiro atoms. The summed E-state index contributed by atoms with van der Waals surface area (Å²) in [5.41, 5.74) is 1.07. The van der Waals surface area contributed by atoms with Crippen molar-refractivity contribution in [3.8, 4) is 0 Å². The van der Waals surface area contributed by atoms with Gasteiger partial charge >= 0.3 is 0 Å². The van der Waals surface area contributed by atoms with Gasteiger partial charge in [-0.25, -0.2) is 9.40 Å². The van der Waals surface area contributed by atoms with Crippen LogP contribution in [0.5, 0.6) is 0 Å². The van der Waals surface area contributed by atoms with Crippen molar-refractivity contribution < 1.29 is 23.5 Å². The molecule has 0 aliphatic carbocycles. The lowest BCUT2D eigenvalue weighted by molar-refractivity contribution is -0.142. The smallest absolute Gasteiger partial charge is 0.270 e. The Morgan fingerprint density at radius 3 is 2.55 bits per heavy atom. The number of hydrogen-bond acceptors (Lipinski definition) is 5. The minimum Gasteiger partial charge on any atom is -0.378 e. The molecule has 166 valence electrons. The molecule has 0 aromatic heterocycles. The molecular formula is C22H27FN4O4. The maximum absolute atomic E-state index is 13.1. The van der Waals surface area contributed by atoms with Crippen LogP contribution in [0.2, 0.25) is 0 Å². The zero-order valence-electron chi connectivity index (χ0n) is 17.5. The minimum atomic E-state index is -0.348. The van der Waals surface area contributed by atoms with Gasteiger partial charge in [-0.15, -0.1) is 0 Å². The molecule has 0 N–H and O–H groups in total. The van der Waals surface area contributed by atoms with Crippen LogP contribution in [-0.4, -0.2) is 77.6 Å². The summed E-state index contributed by atoms with van der Waals surface area (Å²) in [7, 11) is 0. The van der Waals surface area contributed by atoms with E-state index in [1.165, 1.54) is 17.1 Å². The Kier molecular flexibility index (Phi) is 6.60. The third-order valence-corrected chi connectivity index (χ3v) is 5.98. The van der Waals surface area contributed by atoms with Crippen LogP contribution in [0.25, 0.3) is 0 Å². The Labute approximate surface area is 180 Å². The van der Waals surface area contributed by atoms with Crippen molar-refractivity contribution in [1.29, 1.82) is 0 Å². The maximum atomic E-state index is 13.1. The number of halogens is 1. The van der Waals surface area contributed by atoms with Crippen LogP contribution >= 0.6 is 0 Å². The van der Waals surface area contributed by atoms with Crippen LogP contribution in [-0.2, 0) is 25.7 Å². The first-order valence-electron chi connectivity index (χ1n) is 10.8. The fourth-order valence-corrected chi connectivity index (χ4v) is 4.23. The summed E-state index contributed by atoms with van der Waals surface area (Å²) in [6.07, 6.45) is 2.02. The zero-order valence-corrected chi connectivity index (χ0v) is 17.5. The van der Waals surface area contributed by atoms with Crippen LogP contribution in [0.15, 0.2) is 29.4 Å². The van der Waals surface area contributed by atoms with E-state index in [0.717, 1.165) is 18.4 Å². The number of rotatable bonds is 4. The van der Waals surface area contributed by atoms with Gasteiger partial charge in [0.25, 0.3) is 5.91 Å². The van der Waals surface area contributed by atoms with Crippen molar-refractivity contribution in [2.45, 2.75) is 32.2 Å². The molecule has 3 heterocycles. The highest BCUT2D eigenvalue weighted by Gasteiger charge is 2.34. The molecule has 1 aromatic rings. The zero-order chi connectivity index (χ0) is 21.8. The third kappa shape index (κ3) is 5.10. The van der Waals surface area contributed by atoms with E-state index in [-0.39, 0.29) is 48.8 Å². The number of nitrogens with zero attached hydrogens (tertiary/aromatic N) is 4. The molecular weight excluding hydrogens is 403 g/mol. The van der Waals surface area contributed by atoms with Crippen LogP contribution in [0.1, 0.15) is 31.2 Å². The summed E-state index contributed by atoms with van der Waals surface area (Å²) >= 11 is 0. The number of likely N-dealkylation sites (tertiary alicyclic amines) is 1. The topological polar surface area (TPSA) is 82.5 Å². The van der Waals surface area contributed by atoms with Crippen molar-refractivity contribution in [1.82, 2.24) is 14.8 Å². The fraction of sp³-hybridized carbons (Fsp3) is 0.545. The molecule has 3 aliphatic heterocycles. The Bertz CT molecular complexity index is 867. The average molecular weight is 430 g/mol. The lowest BCUT2D eigenvalue weighted by atomic mass is 9.95. The number of ether oxygens (including phenoxy) is 1. The molecule has 1 unspecified atom stereocenters. The first-order chi connectivity index (χ1) is 15.0. The molecule has 4 rings (SSSR count). The van der Waals surface area contributed by atoms with Gasteiger partial charge in [0.05, 0.1) is 25.7 Å². The molecule has 2 saturated heterocycles. The number of hydrazone groups is 1. The number of hydrogen-bond donors (Lipinski definition) is 0. The summed E-state index contributed by atoms with van der Waals surface area (Å²) in [5, 5.41) is 5.60. The van der Waals surface area contributed by atoms with E-state index >= 15 is 0 Å². The van der Waals surface area contributed by atoms with E-state index in [1.807, 2.05) is 4.90 Å². The molecule has 1 aromatic carbocycles. The number of carbonyl (C=O) groups excluding carboxylic acids is 3. The van der Waals surface area contributed by atoms with E-state index in [9.17, 15) is 18.8 Å². The second kappa shape index (κ2) is 9.55. The van der Waals surface area contributed by atoms with Gasteiger partial charge in [0.2, 0.25) is 11.8 Å². The molecule has 3 aliphatic rings. The summed E-state index contributed by atoms with van der Waals surface area (Å²) < 4.78 is 18.4. The van der Waals surface area contributed by atoms with E-state index in [4.69, 9.17) is 4.74 Å². The van der Waals surface area contributed by atoms with E-state index in [0.29, 0.717) is 45.1 Å². The van der Waals surface area contributed by atoms with Gasteiger partial charge in [0.1, 0.15) is 11.5 Å². The highest BCUT2D eigenvalue weighted by Crippen LogP contribution is 2.22. The molecule has 0 saturated carbocycles. The summed E-state index contributed by atoms with van der Waals surface area (Å²) in [5.74, 6) is -0.855. The van der Waals surface area contributed by atoms with Gasteiger partial charge in [-0.3, -0.25) is 14.4 Å². The summed E-state index contributed by atoms with van der Waals surface area (Å²) in [4.78, 5) is 41.8. The summed E-state index contributed by atoms with van der Waals surface area (Å²) in [6, 6.07) is 5.86. The van der Waals surface area contributed by atoms with Crippen LogP contribution < -0.4 is 0 Å². The van der Waals surface area contributed by atoms with Crippen molar-refractivity contribution in [2.75, 3.05) is 39.4 Å². The minimum absolute atomic E-state index is 0.0829. The van der Waals surface area contributed by atoms with Crippen molar-refractivity contribution >= 4 is 23.4 Å². The van der Waals surface area contributed by atoms with Gasteiger partial charge in [0.15, 0.2) is 0 Å². The molecule has 0 bridgehead atoms. The molecule has 1 atom stereocenters. The van der Waals surface area contributed by atoms with Gasteiger partial charge in [-0.05, 0) is 30.5 Å².